The summed E-state index contributed by atoms with van der Waals surface area (Å²) in [6.45, 7) is 1.95. The minimum atomic E-state index is -0.203. The normalized spacial score (nSPS) is 10.7. The van der Waals surface area contributed by atoms with Crippen LogP contribution in [0.5, 0.6) is 0 Å². The van der Waals surface area contributed by atoms with Crippen molar-refractivity contribution >= 4 is 61.5 Å². The lowest BCUT2D eigenvalue weighted by Gasteiger charge is -2.02. The fourth-order valence-electron chi connectivity index (χ4n) is 2.16. The number of thiazole rings is 1. The first-order valence-corrected chi connectivity index (χ1v) is 9.30. The number of carbonyl (C=O) groups is 1. The van der Waals surface area contributed by atoms with Crippen molar-refractivity contribution in [2.75, 3.05) is 5.32 Å². The zero-order chi connectivity index (χ0) is 17.3. The van der Waals surface area contributed by atoms with Crippen LogP contribution in [0, 0.1) is 6.92 Å². The van der Waals surface area contributed by atoms with Gasteiger partial charge in [-0.25, -0.2) is 4.98 Å². The van der Waals surface area contributed by atoms with Gasteiger partial charge in [-0.2, -0.15) is 0 Å². The average molecular weight is 442 g/mol. The summed E-state index contributed by atoms with van der Waals surface area (Å²) in [5.74, 6) is -0.203. The number of nitrogens with one attached hydrogen (secondary N) is 1. The molecule has 3 aromatic rings. The lowest BCUT2D eigenvalue weighted by atomic mass is 10.1. The van der Waals surface area contributed by atoms with Gasteiger partial charge in [-0.15, -0.1) is 11.3 Å². The molecule has 0 spiro atoms. The van der Waals surface area contributed by atoms with E-state index in [9.17, 15) is 4.79 Å². The van der Waals surface area contributed by atoms with Gasteiger partial charge in [0.25, 0.3) is 5.91 Å². The molecule has 0 atom stereocenters. The van der Waals surface area contributed by atoms with E-state index in [1.54, 1.807) is 24.3 Å². The number of halogens is 3. The molecule has 0 bridgehead atoms. The number of hydrogen-bond donors (Lipinski definition) is 1. The zero-order valence-electron chi connectivity index (χ0n) is 12.4. The molecule has 2 aromatic carbocycles. The Balaban J connectivity index is 1.86. The first-order valence-electron chi connectivity index (χ1n) is 6.94. The Morgan fingerprint density at radius 3 is 2.67 bits per heavy atom. The molecule has 3 nitrogen and oxygen atoms in total. The molecule has 0 aliphatic carbocycles. The van der Waals surface area contributed by atoms with Gasteiger partial charge >= 0.3 is 0 Å². The smallest absolute Gasteiger partial charge is 0.257 e. The van der Waals surface area contributed by atoms with E-state index in [4.69, 9.17) is 23.2 Å². The van der Waals surface area contributed by atoms with Crippen LogP contribution in [-0.2, 0) is 0 Å². The van der Waals surface area contributed by atoms with Crippen molar-refractivity contribution in [1.29, 1.82) is 0 Å². The maximum atomic E-state index is 12.3. The molecule has 0 saturated carbocycles. The molecule has 3 rings (SSSR count). The molecule has 122 valence electrons. The first kappa shape index (κ1) is 17.4. The molecule has 0 radical (unpaired) electrons. The number of hydrogen-bond acceptors (Lipinski definition) is 3. The predicted molar refractivity (Wildman–Crippen MR) is 104 cm³/mol. The average Bonchev–Trinajstić information content (AvgIpc) is 2.90. The maximum absolute atomic E-state index is 12.3. The Morgan fingerprint density at radius 1 is 1.17 bits per heavy atom. The van der Waals surface area contributed by atoms with Gasteiger partial charge < -0.3 is 0 Å². The quantitative estimate of drug-likeness (QED) is 0.508. The lowest BCUT2D eigenvalue weighted by Crippen LogP contribution is -2.11. The molecule has 0 aliphatic rings. The molecule has 1 amide bonds. The number of nitrogens with zero attached hydrogens (tertiary/aromatic N) is 1. The Hall–Kier alpha value is -1.40. The number of anilines is 1. The second kappa shape index (κ2) is 7.23. The van der Waals surface area contributed by atoms with Crippen LogP contribution in [0.1, 0.15) is 15.2 Å². The fraction of sp³-hybridized carbons (Fsp3) is 0.0588. The number of rotatable bonds is 3. The number of aryl methyl sites for hydroxylation is 1. The van der Waals surface area contributed by atoms with E-state index >= 15 is 0 Å². The Morgan fingerprint density at radius 2 is 1.96 bits per heavy atom. The van der Waals surface area contributed by atoms with Crippen LogP contribution < -0.4 is 5.32 Å². The summed E-state index contributed by atoms with van der Waals surface area (Å²) in [6, 6.07) is 12.6. The van der Waals surface area contributed by atoms with Gasteiger partial charge in [0.15, 0.2) is 5.13 Å². The topological polar surface area (TPSA) is 42.0 Å². The van der Waals surface area contributed by atoms with Gasteiger partial charge in [0.2, 0.25) is 0 Å². The van der Waals surface area contributed by atoms with Crippen molar-refractivity contribution in [2.24, 2.45) is 0 Å². The summed E-state index contributed by atoms with van der Waals surface area (Å²) >= 11 is 16.8. The van der Waals surface area contributed by atoms with Crippen LogP contribution in [0.15, 0.2) is 46.9 Å². The van der Waals surface area contributed by atoms with E-state index in [1.165, 1.54) is 11.3 Å². The SMILES string of the molecule is Cc1sc(NC(=O)c2cccc(Br)c2)nc1-c1ccc(Cl)c(Cl)c1. The summed E-state index contributed by atoms with van der Waals surface area (Å²) in [5.41, 5.74) is 2.21. The number of amides is 1. The van der Waals surface area contributed by atoms with Crippen molar-refractivity contribution in [1.82, 2.24) is 4.98 Å². The molecule has 24 heavy (non-hydrogen) atoms. The molecule has 1 N–H and O–H groups in total. The molecule has 0 unspecified atom stereocenters. The summed E-state index contributed by atoms with van der Waals surface area (Å²) < 4.78 is 0.849. The van der Waals surface area contributed by atoms with Gasteiger partial charge in [0.1, 0.15) is 0 Å². The zero-order valence-corrected chi connectivity index (χ0v) is 16.4. The third-order valence-corrected chi connectivity index (χ3v) is 5.42. The van der Waals surface area contributed by atoms with E-state index in [-0.39, 0.29) is 5.91 Å². The molecular formula is C17H11BrCl2N2OS. The minimum absolute atomic E-state index is 0.203. The van der Waals surface area contributed by atoms with E-state index in [0.717, 1.165) is 20.6 Å². The summed E-state index contributed by atoms with van der Waals surface area (Å²) in [6.07, 6.45) is 0. The Bertz CT molecular complexity index is 927. The molecule has 0 saturated heterocycles. The summed E-state index contributed by atoms with van der Waals surface area (Å²) in [7, 11) is 0. The third-order valence-electron chi connectivity index (χ3n) is 3.30. The summed E-state index contributed by atoms with van der Waals surface area (Å²) in [4.78, 5) is 17.8. The van der Waals surface area contributed by atoms with Crippen LogP contribution in [0.4, 0.5) is 5.13 Å². The van der Waals surface area contributed by atoms with Gasteiger partial charge in [-0.1, -0.05) is 51.3 Å². The molecular weight excluding hydrogens is 431 g/mol. The van der Waals surface area contributed by atoms with Crippen molar-refractivity contribution in [2.45, 2.75) is 6.92 Å². The Kier molecular flexibility index (Phi) is 5.25. The van der Waals surface area contributed by atoms with Gasteiger partial charge in [0.05, 0.1) is 15.7 Å². The molecule has 1 aromatic heterocycles. The number of benzene rings is 2. The van der Waals surface area contributed by atoms with Gasteiger partial charge in [-0.05, 0) is 37.3 Å². The highest BCUT2D eigenvalue weighted by molar-refractivity contribution is 9.10. The van der Waals surface area contributed by atoms with E-state index in [1.807, 2.05) is 25.1 Å². The second-order valence-electron chi connectivity index (χ2n) is 5.02. The van der Waals surface area contributed by atoms with E-state index in [2.05, 4.69) is 26.2 Å². The van der Waals surface area contributed by atoms with Crippen LogP contribution in [0.25, 0.3) is 11.3 Å². The van der Waals surface area contributed by atoms with Crippen molar-refractivity contribution in [3.63, 3.8) is 0 Å². The van der Waals surface area contributed by atoms with E-state index < -0.39 is 0 Å². The first-order chi connectivity index (χ1) is 11.4. The molecule has 0 aliphatic heterocycles. The highest BCUT2D eigenvalue weighted by Gasteiger charge is 2.14. The molecule has 7 heteroatoms. The fourth-order valence-corrected chi connectivity index (χ4v) is 3.69. The lowest BCUT2D eigenvalue weighted by molar-refractivity contribution is 0.102. The summed E-state index contributed by atoms with van der Waals surface area (Å²) in [5, 5.41) is 4.34. The highest BCUT2D eigenvalue weighted by atomic mass is 79.9. The van der Waals surface area contributed by atoms with Crippen molar-refractivity contribution < 1.29 is 4.79 Å². The predicted octanol–water partition coefficient (Wildman–Crippen LogP) is 6.44. The number of aromatic nitrogens is 1. The number of carbonyl (C=O) groups excluding carboxylic acids is 1. The third kappa shape index (κ3) is 3.81. The van der Waals surface area contributed by atoms with Crippen LogP contribution in [-0.4, -0.2) is 10.9 Å². The minimum Gasteiger partial charge on any atom is -0.298 e. The Labute approximate surface area is 161 Å². The van der Waals surface area contributed by atoms with Crippen LogP contribution in [0.2, 0.25) is 10.0 Å². The highest BCUT2D eigenvalue weighted by Crippen LogP contribution is 2.34. The van der Waals surface area contributed by atoms with Gasteiger partial charge in [0, 0.05) is 20.5 Å². The molecule has 0 fully saturated rings. The van der Waals surface area contributed by atoms with Crippen LogP contribution >= 0.6 is 50.5 Å². The largest absolute Gasteiger partial charge is 0.298 e. The van der Waals surface area contributed by atoms with Gasteiger partial charge in [-0.3, -0.25) is 10.1 Å². The maximum Gasteiger partial charge on any atom is 0.257 e. The van der Waals surface area contributed by atoms with Crippen LogP contribution in [0.3, 0.4) is 0 Å². The monoisotopic (exact) mass is 440 g/mol. The van der Waals surface area contributed by atoms with Crippen molar-refractivity contribution in [3.8, 4) is 11.3 Å². The molecule has 1 heterocycles. The standard InChI is InChI=1S/C17H11BrCl2N2OS/c1-9-15(10-5-6-13(19)14(20)8-10)21-17(24-9)22-16(23)11-3-2-4-12(18)7-11/h2-8H,1H3,(H,21,22,23). The van der Waals surface area contributed by atoms with E-state index in [0.29, 0.717) is 20.7 Å². The van der Waals surface area contributed by atoms with Crippen molar-refractivity contribution in [3.05, 3.63) is 67.4 Å². The second-order valence-corrected chi connectivity index (χ2v) is 7.95.